The highest BCUT2D eigenvalue weighted by atomic mass is 32.2. The van der Waals surface area contributed by atoms with E-state index in [-0.39, 0.29) is 0 Å². The molecule has 14 heavy (non-hydrogen) atoms. The second-order valence-corrected chi connectivity index (χ2v) is 5.16. The SMILES string of the molecule is NC1CCCC1SCc1ccccc1. The Morgan fingerprint density at radius 1 is 1.21 bits per heavy atom. The van der Waals surface area contributed by atoms with Crippen LogP contribution >= 0.6 is 11.8 Å². The molecule has 0 radical (unpaired) electrons. The van der Waals surface area contributed by atoms with Gasteiger partial charge >= 0.3 is 0 Å². The van der Waals surface area contributed by atoms with Crippen molar-refractivity contribution < 1.29 is 0 Å². The van der Waals surface area contributed by atoms with Crippen molar-refractivity contribution in [1.82, 2.24) is 0 Å². The molecular formula is C12H17NS. The summed E-state index contributed by atoms with van der Waals surface area (Å²) in [7, 11) is 0. The molecule has 2 N–H and O–H groups in total. The Labute approximate surface area is 90.1 Å². The molecule has 1 aromatic rings. The molecule has 0 amide bonds. The van der Waals surface area contributed by atoms with E-state index in [4.69, 9.17) is 5.73 Å². The van der Waals surface area contributed by atoms with Crippen LogP contribution < -0.4 is 5.73 Å². The Morgan fingerprint density at radius 2 is 2.00 bits per heavy atom. The third-order valence-corrected chi connectivity index (χ3v) is 4.32. The Morgan fingerprint density at radius 3 is 2.64 bits per heavy atom. The number of thioether (sulfide) groups is 1. The molecule has 0 heterocycles. The van der Waals surface area contributed by atoms with Crippen molar-refractivity contribution >= 4 is 11.8 Å². The maximum absolute atomic E-state index is 6.02. The first-order chi connectivity index (χ1) is 6.86. The van der Waals surface area contributed by atoms with E-state index in [2.05, 4.69) is 30.3 Å². The molecule has 2 unspecified atom stereocenters. The fourth-order valence-electron chi connectivity index (χ4n) is 1.94. The molecular weight excluding hydrogens is 190 g/mol. The number of hydrogen-bond donors (Lipinski definition) is 1. The monoisotopic (exact) mass is 207 g/mol. The summed E-state index contributed by atoms with van der Waals surface area (Å²) in [4.78, 5) is 0. The Kier molecular flexibility index (Phi) is 3.49. The topological polar surface area (TPSA) is 26.0 Å². The van der Waals surface area contributed by atoms with Crippen LogP contribution in [0.2, 0.25) is 0 Å². The molecule has 2 rings (SSSR count). The summed E-state index contributed by atoms with van der Waals surface area (Å²) in [5.74, 6) is 1.11. The van der Waals surface area contributed by atoms with E-state index in [1.165, 1.54) is 24.8 Å². The van der Waals surface area contributed by atoms with E-state index in [0.717, 1.165) is 5.75 Å². The Hall–Kier alpha value is -0.470. The molecule has 76 valence electrons. The van der Waals surface area contributed by atoms with Crippen molar-refractivity contribution in [1.29, 1.82) is 0 Å². The maximum Gasteiger partial charge on any atom is 0.0202 e. The molecule has 0 spiro atoms. The number of hydrogen-bond acceptors (Lipinski definition) is 2. The lowest BCUT2D eigenvalue weighted by atomic mass is 10.2. The van der Waals surface area contributed by atoms with Crippen molar-refractivity contribution in [3.8, 4) is 0 Å². The van der Waals surface area contributed by atoms with Crippen LogP contribution in [0.3, 0.4) is 0 Å². The van der Waals surface area contributed by atoms with Gasteiger partial charge in [0.2, 0.25) is 0 Å². The van der Waals surface area contributed by atoms with Gasteiger partial charge in [0.15, 0.2) is 0 Å². The van der Waals surface area contributed by atoms with Crippen LogP contribution in [0, 0.1) is 0 Å². The molecule has 1 fully saturated rings. The molecule has 1 saturated carbocycles. The minimum atomic E-state index is 0.434. The predicted molar refractivity (Wildman–Crippen MR) is 63.4 cm³/mol. The zero-order chi connectivity index (χ0) is 9.80. The number of benzene rings is 1. The van der Waals surface area contributed by atoms with Gasteiger partial charge < -0.3 is 5.73 Å². The van der Waals surface area contributed by atoms with Gasteiger partial charge in [0, 0.05) is 17.0 Å². The van der Waals surface area contributed by atoms with Crippen molar-refractivity contribution in [2.75, 3.05) is 0 Å². The molecule has 0 bridgehead atoms. The van der Waals surface area contributed by atoms with Gasteiger partial charge in [0.05, 0.1) is 0 Å². The highest BCUT2D eigenvalue weighted by Gasteiger charge is 2.23. The van der Waals surface area contributed by atoms with Crippen molar-refractivity contribution in [3.63, 3.8) is 0 Å². The van der Waals surface area contributed by atoms with Gasteiger partial charge in [-0.3, -0.25) is 0 Å². The van der Waals surface area contributed by atoms with Crippen LogP contribution in [-0.4, -0.2) is 11.3 Å². The zero-order valence-electron chi connectivity index (χ0n) is 8.36. The fraction of sp³-hybridized carbons (Fsp3) is 0.500. The molecule has 1 aliphatic rings. The average Bonchev–Trinajstić information content (AvgIpc) is 2.63. The van der Waals surface area contributed by atoms with Crippen molar-refractivity contribution in [2.24, 2.45) is 5.73 Å². The average molecular weight is 207 g/mol. The fourth-order valence-corrected chi connectivity index (χ4v) is 3.25. The van der Waals surface area contributed by atoms with E-state index in [9.17, 15) is 0 Å². The molecule has 2 atom stereocenters. The summed E-state index contributed by atoms with van der Waals surface area (Å²) in [6.45, 7) is 0. The molecule has 2 heteroatoms. The van der Waals surface area contributed by atoms with Crippen LogP contribution in [0.25, 0.3) is 0 Å². The second kappa shape index (κ2) is 4.85. The number of rotatable bonds is 3. The molecule has 1 nitrogen and oxygen atoms in total. The summed E-state index contributed by atoms with van der Waals surface area (Å²) in [5, 5.41) is 0.690. The van der Waals surface area contributed by atoms with Gasteiger partial charge in [-0.05, 0) is 18.4 Å². The van der Waals surface area contributed by atoms with Crippen molar-refractivity contribution in [3.05, 3.63) is 35.9 Å². The minimum absolute atomic E-state index is 0.434. The van der Waals surface area contributed by atoms with Crippen LogP contribution in [0.15, 0.2) is 30.3 Å². The normalized spacial score (nSPS) is 26.6. The van der Waals surface area contributed by atoms with E-state index in [1.807, 2.05) is 11.8 Å². The van der Waals surface area contributed by atoms with Crippen LogP contribution in [0.4, 0.5) is 0 Å². The van der Waals surface area contributed by atoms with Crippen LogP contribution in [-0.2, 0) is 5.75 Å². The summed E-state index contributed by atoms with van der Waals surface area (Å²) >= 11 is 2.02. The quantitative estimate of drug-likeness (QED) is 0.825. The standard InChI is InChI=1S/C12H17NS/c13-11-7-4-8-12(11)14-9-10-5-2-1-3-6-10/h1-3,5-6,11-12H,4,7-9,13H2. The molecule has 1 aliphatic carbocycles. The van der Waals surface area contributed by atoms with Gasteiger partial charge in [0.25, 0.3) is 0 Å². The smallest absolute Gasteiger partial charge is 0.0202 e. The molecule has 0 aromatic heterocycles. The summed E-state index contributed by atoms with van der Waals surface area (Å²) in [5.41, 5.74) is 7.44. The Balaban J connectivity index is 1.82. The lowest BCUT2D eigenvalue weighted by Crippen LogP contribution is -2.26. The predicted octanol–water partition coefficient (Wildman–Crippen LogP) is 2.80. The maximum atomic E-state index is 6.02. The second-order valence-electron chi connectivity index (χ2n) is 3.93. The van der Waals surface area contributed by atoms with Gasteiger partial charge in [-0.25, -0.2) is 0 Å². The highest BCUT2D eigenvalue weighted by Crippen LogP contribution is 2.30. The zero-order valence-corrected chi connectivity index (χ0v) is 9.17. The molecule has 1 aromatic carbocycles. The summed E-state index contributed by atoms with van der Waals surface area (Å²) < 4.78 is 0. The van der Waals surface area contributed by atoms with E-state index in [0.29, 0.717) is 11.3 Å². The summed E-state index contributed by atoms with van der Waals surface area (Å²) in [6.07, 6.45) is 3.83. The Bertz CT molecular complexity index is 273. The van der Waals surface area contributed by atoms with E-state index < -0.39 is 0 Å². The van der Waals surface area contributed by atoms with Gasteiger partial charge in [-0.15, -0.1) is 0 Å². The van der Waals surface area contributed by atoms with Crippen molar-refractivity contribution in [2.45, 2.75) is 36.3 Å². The molecule has 0 saturated heterocycles. The minimum Gasteiger partial charge on any atom is -0.327 e. The summed E-state index contributed by atoms with van der Waals surface area (Å²) in [6, 6.07) is 11.1. The first-order valence-corrected chi connectivity index (χ1v) is 6.32. The van der Waals surface area contributed by atoms with Crippen LogP contribution in [0.5, 0.6) is 0 Å². The van der Waals surface area contributed by atoms with E-state index in [1.54, 1.807) is 0 Å². The first kappa shape index (κ1) is 10.1. The molecule has 0 aliphatic heterocycles. The van der Waals surface area contributed by atoms with Crippen LogP contribution in [0.1, 0.15) is 24.8 Å². The lowest BCUT2D eigenvalue weighted by Gasteiger charge is -2.14. The largest absolute Gasteiger partial charge is 0.327 e. The lowest BCUT2D eigenvalue weighted by molar-refractivity contribution is 0.716. The highest BCUT2D eigenvalue weighted by molar-refractivity contribution is 7.99. The third kappa shape index (κ3) is 2.52. The van der Waals surface area contributed by atoms with Gasteiger partial charge in [-0.2, -0.15) is 11.8 Å². The van der Waals surface area contributed by atoms with Gasteiger partial charge in [-0.1, -0.05) is 36.8 Å². The first-order valence-electron chi connectivity index (χ1n) is 5.27. The van der Waals surface area contributed by atoms with Gasteiger partial charge in [0.1, 0.15) is 0 Å². The van der Waals surface area contributed by atoms with E-state index >= 15 is 0 Å². The third-order valence-electron chi connectivity index (χ3n) is 2.81. The number of nitrogens with two attached hydrogens (primary N) is 1.